The van der Waals surface area contributed by atoms with Crippen LogP contribution in [0.25, 0.3) is 28.1 Å². The van der Waals surface area contributed by atoms with Crippen molar-refractivity contribution >= 4 is 51.2 Å². The van der Waals surface area contributed by atoms with Crippen LogP contribution in [0.3, 0.4) is 0 Å². The summed E-state index contributed by atoms with van der Waals surface area (Å²) in [5, 5.41) is 0. The van der Waals surface area contributed by atoms with Gasteiger partial charge in [-0.15, -0.1) is 0 Å². The number of nitrogens with zero attached hydrogens (tertiary/aromatic N) is 3. The van der Waals surface area contributed by atoms with E-state index in [1.807, 2.05) is 0 Å². The van der Waals surface area contributed by atoms with Gasteiger partial charge in [0.2, 0.25) is 6.71 Å². The highest BCUT2D eigenvalue weighted by atomic mass is 15.2. The topological polar surface area (TPSA) is 21.1 Å². The molecule has 47 heavy (non-hydrogen) atoms. The van der Waals surface area contributed by atoms with Gasteiger partial charge in [-0.2, -0.15) is 0 Å². The van der Waals surface area contributed by atoms with Gasteiger partial charge in [0.1, 0.15) is 5.82 Å². The highest BCUT2D eigenvalue weighted by molar-refractivity contribution is 6.98. The van der Waals surface area contributed by atoms with Crippen molar-refractivity contribution in [1.29, 1.82) is 0 Å². The molecule has 2 heterocycles. The molecule has 228 valence electrons. The van der Waals surface area contributed by atoms with Crippen LogP contribution in [-0.4, -0.2) is 16.3 Å². The Bertz CT molecular complexity index is 2290. The molecule has 1 aromatic heterocycles. The number of imidazole rings is 1. The monoisotopic (exact) mass is 607 g/mol. The lowest BCUT2D eigenvalue weighted by molar-refractivity contribution is 1.06. The number of hydrogen-bond acceptors (Lipinski definition) is 2. The van der Waals surface area contributed by atoms with Crippen LogP contribution in [0, 0.1) is 41.5 Å². The Labute approximate surface area is 278 Å². The number of hydrogen-bond donors (Lipinski definition) is 0. The van der Waals surface area contributed by atoms with Crippen molar-refractivity contribution in [2.75, 3.05) is 4.90 Å². The van der Waals surface area contributed by atoms with Gasteiger partial charge in [-0.05, 0) is 105 Å². The quantitative estimate of drug-likeness (QED) is 0.187. The molecule has 8 rings (SSSR count). The van der Waals surface area contributed by atoms with Crippen LogP contribution in [-0.2, 0) is 0 Å². The Kier molecular flexibility index (Phi) is 6.91. The molecule has 0 fully saturated rings. The Morgan fingerprint density at radius 3 is 1.72 bits per heavy atom. The maximum absolute atomic E-state index is 5.32. The maximum Gasteiger partial charge on any atom is 0.247 e. The van der Waals surface area contributed by atoms with E-state index >= 15 is 0 Å². The average Bonchev–Trinajstić information content (AvgIpc) is 3.44. The normalized spacial score (nSPS) is 12.4. The van der Waals surface area contributed by atoms with Crippen LogP contribution >= 0.6 is 0 Å². The standard InChI is InChI=1S/C43H38BN3/c1-27-14-11-15-28(2)40(27)44-34-20-7-9-22-37(34)46(41-29(3)16-12-17-30(41)4)38-25-24-33(26-35(38)44)43-45-36-21-8-10-23-39(36)47(43)42-31(5)18-13-19-32(42)6/h7-26H,1-6H3. The molecular formula is C43H38BN3. The van der Waals surface area contributed by atoms with Gasteiger partial charge in [0.15, 0.2) is 0 Å². The van der Waals surface area contributed by atoms with E-state index in [-0.39, 0.29) is 6.71 Å². The van der Waals surface area contributed by atoms with E-state index in [0.717, 1.165) is 22.4 Å². The number of fused-ring (bicyclic) bond motifs is 3. The average molecular weight is 608 g/mol. The van der Waals surface area contributed by atoms with Crippen LogP contribution in [0.4, 0.5) is 17.1 Å². The van der Waals surface area contributed by atoms with Crippen LogP contribution in [0.15, 0.2) is 121 Å². The first-order valence-corrected chi connectivity index (χ1v) is 16.5. The highest BCUT2D eigenvalue weighted by Gasteiger charge is 2.37. The number of rotatable bonds is 4. The lowest BCUT2D eigenvalue weighted by atomic mass is 9.33. The zero-order valence-electron chi connectivity index (χ0n) is 28.0. The van der Waals surface area contributed by atoms with Gasteiger partial charge in [0.25, 0.3) is 0 Å². The molecule has 7 aromatic rings. The van der Waals surface area contributed by atoms with Gasteiger partial charge < -0.3 is 4.90 Å². The van der Waals surface area contributed by atoms with Crippen molar-refractivity contribution in [3.63, 3.8) is 0 Å². The summed E-state index contributed by atoms with van der Waals surface area (Å²) in [4.78, 5) is 7.82. The zero-order valence-corrected chi connectivity index (χ0v) is 28.0. The SMILES string of the molecule is Cc1cccc(C)c1B1c2ccccc2N(c2c(C)cccc2C)c2ccc(-c3nc4ccccc4n3-c3c(C)cccc3C)cc21. The summed E-state index contributed by atoms with van der Waals surface area (Å²) in [6, 6.07) is 44.4. The number of anilines is 3. The molecule has 0 N–H and O–H groups in total. The summed E-state index contributed by atoms with van der Waals surface area (Å²) >= 11 is 0. The minimum Gasteiger partial charge on any atom is -0.311 e. The summed E-state index contributed by atoms with van der Waals surface area (Å²) in [6.45, 7) is 13.4. The van der Waals surface area contributed by atoms with E-state index in [2.05, 4.69) is 172 Å². The number of benzene rings is 6. The second-order valence-corrected chi connectivity index (χ2v) is 13.1. The van der Waals surface area contributed by atoms with Crippen LogP contribution < -0.4 is 21.3 Å². The molecule has 4 heteroatoms. The second-order valence-electron chi connectivity index (χ2n) is 13.1. The fourth-order valence-corrected chi connectivity index (χ4v) is 7.96. The van der Waals surface area contributed by atoms with Crippen molar-refractivity contribution < 1.29 is 0 Å². The third-order valence-electron chi connectivity index (χ3n) is 10.0. The molecule has 0 atom stereocenters. The molecule has 0 aliphatic carbocycles. The first kappa shape index (κ1) is 29.1. The van der Waals surface area contributed by atoms with Crippen LogP contribution in [0.1, 0.15) is 33.4 Å². The van der Waals surface area contributed by atoms with Gasteiger partial charge >= 0.3 is 0 Å². The molecule has 0 saturated heterocycles. The summed E-state index contributed by atoms with van der Waals surface area (Å²) in [7, 11) is 0. The van der Waals surface area contributed by atoms with Crippen molar-refractivity contribution in [3.8, 4) is 17.1 Å². The molecule has 0 radical (unpaired) electrons. The van der Waals surface area contributed by atoms with E-state index < -0.39 is 0 Å². The summed E-state index contributed by atoms with van der Waals surface area (Å²) in [6.07, 6.45) is 0. The molecule has 0 bridgehead atoms. The first-order valence-electron chi connectivity index (χ1n) is 16.5. The Hall–Kier alpha value is -5.35. The Balaban J connectivity index is 1.46. The second kappa shape index (κ2) is 11.2. The van der Waals surface area contributed by atoms with Gasteiger partial charge in [-0.1, -0.05) is 108 Å². The molecular weight excluding hydrogens is 569 g/mol. The lowest BCUT2D eigenvalue weighted by Gasteiger charge is -2.39. The summed E-state index contributed by atoms with van der Waals surface area (Å²) < 4.78 is 2.37. The Morgan fingerprint density at radius 2 is 1.04 bits per heavy atom. The van der Waals surface area contributed by atoms with E-state index in [0.29, 0.717) is 0 Å². The largest absolute Gasteiger partial charge is 0.311 e. The van der Waals surface area contributed by atoms with Gasteiger partial charge in [-0.3, -0.25) is 4.57 Å². The maximum atomic E-state index is 5.32. The predicted octanol–water partition coefficient (Wildman–Crippen LogP) is 8.84. The highest BCUT2D eigenvalue weighted by Crippen LogP contribution is 2.41. The number of aromatic nitrogens is 2. The van der Waals surface area contributed by atoms with E-state index in [1.54, 1.807) is 0 Å². The van der Waals surface area contributed by atoms with E-state index in [9.17, 15) is 0 Å². The van der Waals surface area contributed by atoms with Crippen molar-refractivity contribution in [1.82, 2.24) is 9.55 Å². The molecule has 1 aliphatic heterocycles. The molecule has 0 unspecified atom stereocenters. The summed E-state index contributed by atoms with van der Waals surface area (Å²) in [5.41, 5.74) is 19.7. The molecule has 6 aromatic carbocycles. The van der Waals surface area contributed by atoms with Crippen LogP contribution in [0.2, 0.25) is 0 Å². The van der Waals surface area contributed by atoms with Crippen LogP contribution in [0.5, 0.6) is 0 Å². The molecule has 1 aliphatic rings. The molecule has 0 spiro atoms. The first-order chi connectivity index (χ1) is 22.8. The predicted molar refractivity (Wildman–Crippen MR) is 201 cm³/mol. The van der Waals surface area contributed by atoms with Gasteiger partial charge in [0.05, 0.1) is 22.4 Å². The van der Waals surface area contributed by atoms with Gasteiger partial charge in [-0.25, -0.2) is 4.98 Å². The molecule has 0 saturated carbocycles. The molecule has 3 nitrogen and oxygen atoms in total. The third-order valence-corrected chi connectivity index (χ3v) is 10.0. The lowest BCUT2D eigenvalue weighted by Crippen LogP contribution is -2.58. The fraction of sp³-hybridized carbons (Fsp3) is 0.140. The third kappa shape index (κ3) is 4.54. The minimum absolute atomic E-state index is 0.0703. The number of aryl methyl sites for hydroxylation is 6. The van der Waals surface area contributed by atoms with E-state index in [1.165, 1.54) is 72.5 Å². The van der Waals surface area contributed by atoms with E-state index in [4.69, 9.17) is 4.98 Å². The minimum atomic E-state index is 0.0703. The smallest absolute Gasteiger partial charge is 0.247 e. The Morgan fingerprint density at radius 1 is 0.489 bits per heavy atom. The summed E-state index contributed by atoms with van der Waals surface area (Å²) in [5.74, 6) is 0.962. The number of para-hydroxylation sites is 5. The van der Waals surface area contributed by atoms with Gasteiger partial charge in [0, 0.05) is 16.9 Å². The zero-order chi connectivity index (χ0) is 32.4. The van der Waals surface area contributed by atoms with Crippen molar-refractivity contribution in [2.45, 2.75) is 41.5 Å². The van der Waals surface area contributed by atoms with Crippen molar-refractivity contribution in [2.24, 2.45) is 0 Å². The fourth-order valence-electron chi connectivity index (χ4n) is 7.96. The molecule has 0 amide bonds. The van der Waals surface area contributed by atoms with Crippen molar-refractivity contribution in [3.05, 3.63) is 155 Å².